The molecule has 0 atom stereocenters. The summed E-state index contributed by atoms with van der Waals surface area (Å²) in [4.78, 5) is 2.44. The number of nitriles is 1. The molecule has 1 aliphatic rings. The molecule has 2 nitrogen and oxygen atoms in total. The van der Waals surface area contributed by atoms with Crippen molar-refractivity contribution >= 4 is 33.3 Å². The minimum atomic E-state index is 0.670. The highest BCUT2D eigenvalue weighted by atomic mass is 79.9. The van der Waals surface area contributed by atoms with Gasteiger partial charge in [-0.1, -0.05) is 46.3 Å². The fraction of sp³-hybridized carbons (Fsp3) is 0.250. The van der Waals surface area contributed by atoms with Gasteiger partial charge in [0, 0.05) is 28.8 Å². The predicted molar refractivity (Wildman–Crippen MR) is 100 cm³/mol. The van der Waals surface area contributed by atoms with E-state index in [2.05, 4.69) is 51.2 Å². The molecule has 1 aliphatic heterocycles. The minimum absolute atomic E-state index is 0.670. The van der Waals surface area contributed by atoms with Crippen molar-refractivity contribution in [2.45, 2.75) is 19.3 Å². The maximum Gasteiger partial charge on any atom is 0.0998 e. The second-order valence-corrected chi connectivity index (χ2v) is 6.64. The lowest BCUT2D eigenvalue weighted by atomic mass is 10.0. The number of benzene rings is 2. The number of halogens is 1. The molecule has 1 saturated heterocycles. The van der Waals surface area contributed by atoms with E-state index in [9.17, 15) is 5.26 Å². The molecule has 0 unspecified atom stereocenters. The third kappa shape index (κ3) is 3.83. The Morgan fingerprint density at radius 2 is 1.70 bits per heavy atom. The molecule has 0 aromatic heterocycles. The van der Waals surface area contributed by atoms with Crippen molar-refractivity contribution in [3.05, 3.63) is 64.1 Å². The summed E-state index contributed by atoms with van der Waals surface area (Å²) >= 11 is 3.52. The molecule has 0 bridgehead atoms. The van der Waals surface area contributed by atoms with Gasteiger partial charge < -0.3 is 4.90 Å². The molecule has 3 rings (SSSR count). The lowest BCUT2D eigenvalue weighted by molar-refractivity contribution is 0.578. The van der Waals surface area contributed by atoms with Gasteiger partial charge in [-0.05, 0) is 49.1 Å². The van der Waals surface area contributed by atoms with Crippen LogP contribution in [0.25, 0.3) is 11.6 Å². The molecule has 0 radical (unpaired) electrons. The van der Waals surface area contributed by atoms with Crippen LogP contribution in [0, 0.1) is 11.3 Å². The van der Waals surface area contributed by atoms with E-state index < -0.39 is 0 Å². The molecule has 2 aromatic rings. The molecule has 23 heavy (non-hydrogen) atoms. The standard InChI is InChI=1S/C20H19BrN2/c21-20-7-3-2-6-19(20)17(15-22)14-16-8-10-18(11-9-16)23-12-4-1-5-13-23/h2-3,6-11,14H,1,4-5,12-13H2. The first-order valence-electron chi connectivity index (χ1n) is 7.99. The van der Waals surface area contributed by atoms with Crippen LogP contribution in [0.2, 0.25) is 0 Å². The Morgan fingerprint density at radius 3 is 2.35 bits per heavy atom. The Morgan fingerprint density at radius 1 is 1.00 bits per heavy atom. The number of hydrogen-bond donors (Lipinski definition) is 0. The molecule has 2 aromatic carbocycles. The first kappa shape index (κ1) is 15.8. The molecule has 0 N–H and O–H groups in total. The van der Waals surface area contributed by atoms with E-state index in [1.807, 2.05) is 30.3 Å². The molecule has 0 aliphatic carbocycles. The van der Waals surface area contributed by atoms with Crippen LogP contribution in [0.4, 0.5) is 5.69 Å². The SMILES string of the molecule is N#CC(=Cc1ccc(N2CCCCC2)cc1)c1ccccc1Br. The predicted octanol–water partition coefficient (Wildman–Crippen LogP) is 5.50. The summed E-state index contributed by atoms with van der Waals surface area (Å²) < 4.78 is 0.942. The van der Waals surface area contributed by atoms with Gasteiger partial charge in [-0.3, -0.25) is 0 Å². The first-order valence-corrected chi connectivity index (χ1v) is 8.79. The van der Waals surface area contributed by atoms with E-state index in [4.69, 9.17) is 0 Å². The van der Waals surface area contributed by atoms with Crippen molar-refractivity contribution in [3.63, 3.8) is 0 Å². The fourth-order valence-electron chi connectivity index (χ4n) is 2.95. The third-order valence-electron chi connectivity index (χ3n) is 4.21. The number of nitrogens with zero attached hydrogens (tertiary/aromatic N) is 2. The van der Waals surface area contributed by atoms with Gasteiger partial charge >= 0.3 is 0 Å². The minimum Gasteiger partial charge on any atom is -0.372 e. The second kappa shape index (κ2) is 7.48. The van der Waals surface area contributed by atoms with Crippen molar-refractivity contribution in [1.29, 1.82) is 5.26 Å². The largest absolute Gasteiger partial charge is 0.372 e. The van der Waals surface area contributed by atoms with Gasteiger partial charge in [0.05, 0.1) is 11.6 Å². The molecular formula is C20H19BrN2. The van der Waals surface area contributed by atoms with Gasteiger partial charge in [-0.25, -0.2) is 0 Å². The van der Waals surface area contributed by atoms with Gasteiger partial charge in [-0.2, -0.15) is 5.26 Å². The second-order valence-electron chi connectivity index (χ2n) is 5.79. The summed E-state index contributed by atoms with van der Waals surface area (Å²) in [5.74, 6) is 0. The van der Waals surface area contributed by atoms with E-state index in [0.29, 0.717) is 5.57 Å². The topological polar surface area (TPSA) is 27.0 Å². The summed E-state index contributed by atoms with van der Waals surface area (Å²) in [6.45, 7) is 2.30. The van der Waals surface area contributed by atoms with Crippen molar-refractivity contribution < 1.29 is 0 Å². The Balaban J connectivity index is 1.84. The summed E-state index contributed by atoms with van der Waals surface area (Å²) in [6.07, 6.45) is 5.85. The van der Waals surface area contributed by atoms with Crippen molar-refractivity contribution in [1.82, 2.24) is 0 Å². The third-order valence-corrected chi connectivity index (χ3v) is 4.90. The van der Waals surface area contributed by atoms with E-state index in [1.165, 1.54) is 24.9 Å². The van der Waals surface area contributed by atoms with Crippen molar-refractivity contribution in [3.8, 4) is 6.07 Å². The number of anilines is 1. The smallest absolute Gasteiger partial charge is 0.0998 e. The van der Waals surface area contributed by atoms with Crippen molar-refractivity contribution in [2.24, 2.45) is 0 Å². The van der Waals surface area contributed by atoms with Crippen LogP contribution >= 0.6 is 15.9 Å². The van der Waals surface area contributed by atoms with Crippen LogP contribution in [-0.4, -0.2) is 13.1 Å². The van der Waals surface area contributed by atoms with Crippen molar-refractivity contribution in [2.75, 3.05) is 18.0 Å². The molecule has 0 saturated carbocycles. The van der Waals surface area contributed by atoms with E-state index in [1.54, 1.807) is 0 Å². The quantitative estimate of drug-likeness (QED) is 0.529. The molecule has 116 valence electrons. The van der Waals surface area contributed by atoms with Gasteiger partial charge in [0.2, 0.25) is 0 Å². The van der Waals surface area contributed by atoms with E-state index >= 15 is 0 Å². The van der Waals surface area contributed by atoms with Gasteiger partial charge in [-0.15, -0.1) is 0 Å². The molecule has 0 spiro atoms. The highest BCUT2D eigenvalue weighted by Crippen LogP contribution is 2.26. The van der Waals surface area contributed by atoms with Gasteiger partial charge in [0.25, 0.3) is 0 Å². The van der Waals surface area contributed by atoms with Crippen LogP contribution < -0.4 is 4.90 Å². The van der Waals surface area contributed by atoms with Crippen LogP contribution in [0.15, 0.2) is 53.0 Å². The Kier molecular flexibility index (Phi) is 5.15. The average molecular weight is 367 g/mol. The monoisotopic (exact) mass is 366 g/mol. The fourth-order valence-corrected chi connectivity index (χ4v) is 3.45. The molecule has 1 heterocycles. The maximum absolute atomic E-state index is 9.48. The lowest BCUT2D eigenvalue weighted by Gasteiger charge is -2.28. The summed E-state index contributed by atoms with van der Waals surface area (Å²) in [7, 11) is 0. The summed E-state index contributed by atoms with van der Waals surface area (Å²) in [5, 5.41) is 9.48. The van der Waals surface area contributed by atoms with Crippen LogP contribution in [0.3, 0.4) is 0 Å². The highest BCUT2D eigenvalue weighted by molar-refractivity contribution is 9.10. The van der Waals surface area contributed by atoms with E-state index in [0.717, 1.165) is 28.7 Å². The molecule has 1 fully saturated rings. The summed E-state index contributed by atoms with van der Waals surface area (Å²) in [6, 6.07) is 18.6. The first-order chi connectivity index (χ1) is 11.3. The van der Waals surface area contributed by atoms with Crippen LogP contribution in [0.5, 0.6) is 0 Å². The summed E-state index contributed by atoms with van der Waals surface area (Å²) in [5.41, 5.74) is 3.93. The number of rotatable bonds is 3. The van der Waals surface area contributed by atoms with Gasteiger partial charge in [0.1, 0.15) is 0 Å². The van der Waals surface area contributed by atoms with E-state index in [-0.39, 0.29) is 0 Å². The molecule has 0 amide bonds. The zero-order valence-corrected chi connectivity index (χ0v) is 14.6. The van der Waals surface area contributed by atoms with Crippen LogP contribution in [-0.2, 0) is 0 Å². The lowest BCUT2D eigenvalue weighted by Crippen LogP contribution is -2.29. The zero-order chi connectivity index (χ0) is 16.1. The average Bonchev–Trinajstić information content (AvgIpc) is 2.62. The van der Waals surface area contributed by atoms with Gasteiger partial charge in [0.15, 0.2) is 0 Å². The normalized spacial score (nSPS) is 15.3. The zero-order valence-electron chi connectivity index (χ0n) is 13.0. The Labute approximate surface area is 146 Å². The Bertz CT molecular complexity index is 735. The highest BCUT2D eigenvalue weighted by Gasteiger charge is 2.10. The molecule has 3 heteroatoms. The maximum atomic E-state index is 9.48. The Hall–Kier alpha value is -2.05. The number of piperidine rings is 1. The number of hydrogen-bond acceptors (Lipinski definition) is 2. The number of allylic oxidation sites excluding steroid dienone is 1. The van der Waals surface area contributed by atoms with Crippen LogP contribution in [0.1, 0.15) is 30.4 Å². The molecular weight excluding hydrogens is 348 g/mol.